The molecular formula is C17H24N4OS2. The first-order valence-electron chi connectivity index (χ1n) is 8.39. The van der Waals surface area contributed by atoms with Gasteiger partial charge in [-0.1, -0.05) is 57.2 Å². The molecule has 0 unspecified atom stereocenters. The summed E-state index contributed by atoms with van der Waals surface area (Å²) in [6, 6.07) is 9.81. The number of unbranched alkanes of at least 4 members (excludes halogenated alkanes) is 5. The van der Waals surface area contributed by atoms with Crippen LogP contribution in [0, 0.1) is 0 Å². The number of nitrogens with zero attached hydrogens (tertiary/aromatic N) is 3. The van der Waals surface area contributed by atoms with Crippen molar-refractivity contribution in [3.8, 4) is 0 Å². The third-order valence-corrected chi connectivity index (χ3v) is 5.60. The molecule has 1 aromatic heterocycles. The second-order valence-electron chi connectivity index (χ2n) is 5.45. The van der Waals surface area contributed by atoms with E-state index >= 15 is 0 Å². The summed E-state index contributed by atoms with van der Waals surface area (Å²) in [6.07, 6.45) is 8.71. The molecule has 1 N–H and O–H groups in total. The Morgan fingerprint density at radius 2 is 1.83 bits per heavy atom. The van der Waals surface area contributed by atoms with Gasteiger partial charge in [-0.15, -0.1) is 5.10 Å². The van der Waals surface area contributed by atoms with Gasteiger partial charge >= 0.3 is 6.03 Å². The van der Waals surface area contributed by atoms with Gasteiger partial charge in [-0.25, -0.2) is 9.78 Å². The van der Waals surface area contributed by atoms with Crippen LogP contribution in [-0.2, 0) is 0 Å². The molecule has 0 radical (unpaired) electrons. The van der Waals surface area contributed by atoms with Crippen LogP contribution < -0.4 is 5.32 Å². The minimum absolute atomic E-state index is 0.215. The Kier molecular flexibility index (Phi) is 8.76. The van der Waals surface area contributed by atoms with Crippen LogP contribution in [0.3, 0.4) is 0 Å². The third-order valence-electron chi connectivity index (χ3n) is 3.44. The van der Waals surface area contributed by atoms with Crippen LogP contribution >= 0.6 is 21.6 Å². The van der Waals surface area contributed by atoms with Crippen molar-refractivity contribution in [2.75, 3.05) is 6.54 Å². The molecule has 0 spiro atoms. The van der Waals surface area contributed by atoms with E-state index in [0.717, 1.165) is 17.7 Å². The molecule has 0 fully saturated rings. The first kappa shape index (κ1) is 18.9. The van der Waals surface area contributed by atoms with E-state index in [-0.39, 0.29) is 6.03 Å². The van der Waals surface area contributed by atoms with E-state index in [1.54, 1.807) is 10.8 Å². The van der Waals surface area contributed by atoms with E-state index in [4.69, 9.17) is 0 Å². The van der Waals surface area contributed by atoms with Gasteiger partial charge in [-0.05, 0) is 40.1 Å². The summed E-state index contributed by atoms with van der Waals surface area (Å²) < 4.78 is 1.27. The lowest BCUT2D eigenvalue weighted by Crippen LogP contribution is -2.29. The zero-order valence-corrected chi connectivity index (χ0v) is 15.6. The van der Waals surface area contributed by atoms with Crippen molar-refractivity contribution >= 4 is 27.6 Å². The van der Waals surface area contributed by atoms with Crippen molar-refractivity contribution in [1.29, 1.82) is 0 Å². The molecule has 2 aromatic rings. The van der Waals surface area contributed by atoms with Crippen LogP contribution in [0.1, 0.15) is 45.4 Å². The molecule has 1 heterocycles. The third kappa shape index (κ3) is 6.97. The molecule has 0 bridgehead atoms. The van der Waals surface area contributed by atoms with E-state index in [1.807, 2.05) is 30.3 Å². The predicted octanol–water partition coefficient (Wildman–Crippen LogP) is 5.00. The number of aromatic nitrogens is 3. The minimum atomic E-state index is -0.215. The summed E-state index contributed by atoms with van der Waals surface area (Å²) in [5.74, 6) is 0. The van der Waals surface area contributed by atoms with Gasteiger partial charge in [0.05, 0.1) is 0 Å². The van der Waals surface area contributed by atoms with Crippen LogP contribution in [0.15, 0.2) is 46.7 Å². The number of carbonyl (C=O) groups excluding carboxylic acids is 1. The fourth-order valence-electron chi connectivity index (χ4n) is 2.13. The van der Waals surface area contributed by atoms with Gasteiger partial charge in [-0.2, -0.15) is 4.68 Å². The minimum Gasteiger partial charge on any atom is -0.336 e. The Labute approximate surface area is 151 Å². The first-order valence-corrected chi connectivity index (χ1v) is 10.5. The van der Waals surface area contributed by atoms with Crippen LogP contribution in [-0.4, -0.2) is 27.3 Å². The number of carbonyl (C=O) groups is 1. The Morgan fingerprint density at radius 3 is 2.62 bits per heavy atom. The Morgan fingerprint density at radius 1 is 1.08 bits per heavy atom. The van der Waals surface area contributed by atoms with Crippen molar-refractivity contribution in [1.82, 2.24) is 20.1 Å². The van der Waals surface area contributed by atoms with E-state index < -0.39 is 0 Å². The van der Waals surface area contributed by atoms with Crippen LogP contribution in [0.4, 0.5) is 4.79 Å². The normalized spacial score (nSPS) is 10.7. The largest absolute Gasteiger partial charge is 0.343 e. The van der Waals surface area contributed by atoms with Gasteiger partial charge in [-0.3, -0.25) is 0 Å². The van der Waals surface area contributed by atoms with Gasteiger partial charge < -0.3 is 5.32 Å². The predicted molar refractivity (Wildman–Crippen MR) is 100 cm³/mol. The number of hydrogen-bond acceptors (Lipinski definition) is 5. The highest BCUT2D eigenvalue weighted by Crippen LogP contribution is 2.34. The second-order valence-corrected chi connectivity index (χ2v) is 7.62. The molecule has 0 atom stereocenters. The summed E-state index contributed by atoms with van der Waals surface area (Å²) >= 11 is 0. The second kappa shape index (κ2) is 11.1. The fourth-order valence-corrected chi connectivity index (χ4v) is 3.85. The highest BCUT2D eigenvalue weighted by Gasteiger charge is 2.08. The average Bonchev–Trinajstić information content (AvgIpc) is 3.09. The lowest BCUT2D eigenvalue weighted by molar-refractivity contribution is 0.239. The maximum absolute atomic E-state index is 12.0. The highest BCUT2D eigenvalue weighted by molar-refractivity contribution is 8.76. The van der Waals surface area contributed by atoms with Crippen molar-refractivity contribution in [2.45, 2.75) is 55.5 Å². The molecule has 7 heteroatoms. The molecule has 1 amide bonds. The van der Waals surface area contributed by atoms with Crippen molar-refractivity contribution in [3.05, 3.63) is 36.7 Å². The van der Waals surface area contributed by atoms with E-state index in [2.05, 4.69) is 22.3 Å². The molecule has 24 heavy (non-hydrogen) atoms. The lowest BCUT2D eigenvalue weighted by Gasteiger charge is -2.04. The summed E-state index contributed by atoms with van der Waals surface area (Å²) in [7, 11) is 3.02. The molecule has 0 aliphatic heterocycles. The number of benzene rings is 1. The van der Waals surface area contributed by atoms with Crippen molar-refractivity contribution in [2.24, 2.45) is 0 Å². The maximum atomic E-state index is 12.0. The number of amides is 1. The van der Waals surface area contributed by atoms with Crippen LogP contribution in [0.5, 0.6) is 0 Å². The molecule has 2 rings (SSSR count). The monoisotopic (exact) mass is 364 g/mol. The molecule has 1 aromatic carbocycles. The molecule has 130 valence electrons. The average molecular weight is 365 g/mol. The molecular weight excluding hydrogens is 340 g/mol. The number of rotatable bonds is 10. The number of hydrogen-bond donors (Lipinski definition) is 1. The highest BCUT2D eigenvalue weighted by atomic mass is 33.1. The van der Waals surface area contributed by atoms with Gasteiger partial charge in [0.1, 0.15) is 6.33 Å². The summed E-state index contributed by atoms with van der Waals surface area (Å²) in [4.78, 5) is 17.3. The molecule has 0 saturated heterocycles. The SMILES string of the molecule is CCCCCCCCNC(=O)n1cnc(SSc2ccccc2)n1. The molecule has 0 aliphatic rings. The van der Waals surface area contributed by atoms with Gasteiger partial charge in [0, 0.05) is 11.4 Å². The van der Waals surface area contributed by atoms with E-state index in [0.29, 0.717) is 11.7 Å². The maximum Gasteiger partial charge on any atom is 0.343 e. The quantitative estimate of drug-likeness (QED) is 0.475. The summed E-state index contributed by atoms with van der Waals surface area (Å²) in [5.41, 5.74) is 0. The molecule has 0 saturated carbocycles. The van der Waals surface area contributed by atoms with Crippen LogP contribution in [0.2, 0.25) is 0 Å². The van der Waals surface area contributed by atoms with Gasteiger partial charge in [0.15, 0.2) is 0 Å². The van der Waals surface area contributed by atoms with Gasteiger partial charge in [0.25, 0.3) is 0 Å². The Balaban J connectivity index is 1.65. The van der Waals surface area contributed by atoms with E-state index in [1.165, 1.54) is 47.5 Å². The van der Waals surface area contributed by atoms with Crippen molar-refractivity contribution < 1.29 is 4.79 Å². The lowest BCUT2D eigenvalue weighted by atomic mass is 10.1. The standard InChI is InChI=1S/C17H24N4OS2/c1-2-3-4-5-6-10-13-18-17(22)21-14-19-16(20-21)24-23-15-11-8-7-9-12-15/h7-9,11-12,14H,2-6,10,13H2,1H3,(H,18,22). The van der Waals surface area contributed by atoms with Crippen LogP contribution in [0.25, 0.3) is 0 Å². The number of nitrogens with one attached hydrogen (secondary N) is 1. The smallest absolute Gasteiger partial charge is 0.336 e. The van der Waals surface area contributed by atoms with Gasteiger partial charge in [0.2, 0.25) is 5.16 Å². The zero-order valence-electron chi connectivity index (χ0n) is 14.0. The zero-order chi connectivity index (χ0) is 17.0. The molecule has 0 aliphatic carbocycles. The Hall–Kier alpha value is -1.47. The first-order chi connectivity index (χ1) is 11.8. The van der Waals surface area contributed by atoms with E-state index in [9.17, 15) is 4.79 Å². The Bertz CT molecular complexity index is 604. The topological polar surface area (TPSA) is 59.8 Å². The van der Waals surface area contributed by atoms with Crippen molar-refractivity contribution in [3.63, 3.8) is 0 Å². The summed E-state index contributed by atoms with van der Waals surface area (Å²) in [5, 5.41) is 7.66. The summed E-state index contributed by atoms with van der Waals surface area (Å²) in [6.45, 7) is 2.90. The molecule has 5 nitrogen and oxygen atoms in total. The fraction of sp³-hybridized carbons (Fsp3) is 0.471.